The second kappa shape index (κ2) is 7.87. The van der Waals surface area contributed by atoms with Crippen LogP contribution < -0.4 is 0 Å². The van der Waals surface area contributed by atoms with Crippen LogP contribution in [0, 0.1) is 5.41 Å². The third kappa shape index (κ3) is 10.2. The van der Waals surface area contributed by atoms with Crippen LogP contribution in [0.4, 0.5) is 0 Å². The third-order valence-electron chi connectivity index (χ3n) is 2.06. The Morgan fingerprint density at radius 1 is 0.947 bits per heavy atom. The van der Waals surface area contributed by atoms with E-state index in [9.17, 15) is 14.4 Å². The Labute approximate surface area is 114 Å². The molecule has 6 heteroatoms. The van der Waals surface area contributed by atoms with Gasteiger partial charge in [0, 0.05) is 0 Å². The minimum absolute atomic E-state index is 0.0696. The maximum atomic E-state index is 11.3. The molecule has 0 atom stereocenters. The zero-order chi connectivity index (χ0) is 15.1. The Balaban J connectivity index is 4.04. The molecule has 0 aliphatic carbocycles. The normalized spacial score (nSPS) is 10.7. The summed E-state index contributed by atoms with van der Waals surface area (Å²) in [4.78, 5) is 33.2. The summed E-state index contributed by atoms with van der Waals surface area (Å²) in [6.07, 6.45) is -0.169. The van der Waals surface area contributed by atoms with Crippen molar-refractivity contribution < 1.29 is 23.9 Å². The van der Waals surface area contributed by atoms with Gasteiger partial charge in [-0.3, -0.25) is 0 Å². The van der Waals surface area contributed by atoms with E-state index in [1.54, 1.807) is 20.8 Å². The van der Waals surface area contributed by atoms with Crippen LogP contribution in [0.1, 0.15) is 40.5 Å². The van der Waals surface area contributed by atoms with Gasteiger partial charge in [-0.15, -0.1) is 0 Å². The van der Waals surface area contributed by atoms with Gasteiger partial charge in [0.25, 0.3) is 0 Å². The van der Waals surface area contributed by atoms with E-state index in [1.807, 2.05) is 0 Å². The van der Waals surface area contributed by atoms with E-state index >= 15 is 0 Å². The first-order valence-corrected chi connectivity index (χ1v) is 6.01. The van der Waals surface area contributed by atoms with Gasteiger partial charge < -0.3 is 0 Å². The molecule has 0 spiro atoms. The monoisotopic (exact) mass is 267 g/mol. The van der Waals surface area contributed by atoms with Crippen LogP contribution in [0.3, 0.4) is 0 Å². The molecular formula is C13H20BO5. The van der Waals surface area contributed by atoms with E-state index in [0.717, 1.165) is 0 Å². The predicted molar refractivity (Wildman–Crippen MR) is 72.0 cm³/mol. The first-order valence-electron chi connectivity index (χ1n) is 6.01. The summed E-state index contributed by atoms with van der Waals surface area (Å²) in [5.74, 6) is -1.23. The number of ketones is 1. The van der Waals surface area contributed by atoms with E-state index in [2.05, 4.69) is 0 Å². The van der Waals surface area contributed by atoms with Crippen molar-refractivity contribution in [3.05, 3.63) is 0 Å². The first-order chi connectivity index (χ1) is 8.62. The van der Waals surface area contributed by atoms with E-state index in [-0.39, 0.29) is 31.8 Å². The van der Waals surface area contributed by atoms with Gasteiger partial charge >= 0.3 is 114 Å². The molecule has 0 aliphatic rings. The SMILES string of the molecule is [B]=C(C)CC(=O)OCC(C)(C)COC(=O)CC(C)=O. The molecule has 19 heavy (non-hydrogen) atoms. The van der Waals surface area contributed by atoms with E-state index in [1.165, 1.54) is 6.92 Å². The second-order valence-corrected chi connectivity index (χ2v) is 5.39. The zero-order valence-electron chi connectivity index (χ0n) is 11.9. The van der Waals surface area contributed by atoms with Crippen molar-refractivity contribution in [3.63, 3.8) is 0 Å². The topological polar surface area (TPSA) is 69.7 Å². The van der Waals surface area contributed by atoms with Gasteiger partial charge in [-0.2, -0.15) is 0 Å². The average molecular weight is 267 g/mol. The summed E-state index contributed by atoms with van der Waals surface area (Å²) in [5.41, 5.74) is -0.0272. The summed E-state index contributed by atoms with van der Waals surface area (Å²) in [5, 5.41) is 0. The Morgan fingerprint density at radius 3 is 1.74 bits per heavy atom. The fourth-order valence-electron chi connectivity index (χ4n) is 1.13. The van der Waals surface area contributed by atoms with Crippen LogP contribution in [0.15, 0.2) is 0 Å². The third-order valence-corrected chi connectivity index (χ3v) is 2.06. The van der Waals surface area contributed by atoms with Crippen molar-refractivity contribution in [2.24, 2.45) is 5.41 Å². The van der Waals surface area contributed by atoms with Crippen molar-refractivity contribution in [2.45, 2.75) is 40.5 Å². The predicted octanol–water partition coefficient (Wildman–Crippen LogP) is 0.829. The van der Waals surface area contributed by atoms with Crippen LogP contribution in [0.2, 0.25) is 0 Å². The Bertz CT molecular complexity index is 339. The summed E-state index contributed by atoms with van der Waals surface area (Å²) in [7, 11) is 5.39. The standard InChI is InChI=1S/C13H20BO5/c1-9(14)5-11(16)18-7-13(3,4)8-19-12(17)6-10(2)15/h5-8H2,1-4H3. The van der Waals surface area contributed by atoms with Crippen molar-refractivity contribution in [1.29, 1.82) is 0 Å². The number of hydrogen-bond acceptors (Lipinski definition) is 5. The Kier molecular flexibility index (Phi) is 7.26. The molecule has 0 aliphatic heterocycles. The van der Waals surface area contributed by atoms with Gasteiger partial charge in [0.1, 0.15) is 0 Å². The van der Waals surface area contributed by atoms with Crippen molar-refractivity contribution >= 4 is 30.7 Å². The number of hydrogen-bond donors (Lipinski definition) is 0. The molecule has 0 saturated carbocycles. The van der Waals surface area contributed by atoms with Crippen LogP contribution >= 0.6 is 0 Å². The van der Waals surface area contributed by atoms with Gasteiger partial charge in [-0.05, 0) is 0 Å². The van der Waals surface area contributed by atoms with Gasteiger partial charge in [-0.25, -0.2) is 0 Å². The molecule has 0 heterocycles. The van der Waals surface area contributed by atoms with E-state index < -0.39 is 17.4 Å². The molecule has 1 radical (unpaired) electrons. The van der Waals surface area contributed by atoms with Gasteiger partial charge in [0.15, 0.2) is 0 Å². The molecule has 0 aromatic heterocycles. The van der Waals surface area contributed by atoms with Crippen molar-refractivity contribution in [2.75, 3.05) is 13.2 Å². The Morgan fingerprint density at radius 2 is 1.37 bits per heavy atom. The van der Waals surface area contributed by atoms with E-state index in [0.29, 0.717) is 5.46 Å². The van der Waals surface area contributed by atoms with Crippen molar-refractivity contribution in [1.82, 2.24) is 0 Å². The molecule has 5 nitrogen and oxygen atoms in total. The molecule has 0 fully saturated rings. The number of ether oxygens (including phenoxy) is 2. The molecule has 0 aromatic rings. The molecule has 0 unspecified atom stereocenters. The fourth-order valence-corrected chi connectivity index (χ4v) is 1.13. The fraction of sp³-hybridized carbons (Fsp3) is 0.692. The van der Waals surface area contributed by atoms with Gasteiger partial charge in [-0.1, -0.05) is 0 Å². The maximum absolute atomic E-state index is 11.3. The molecular weight excluding hydrogens is 247 g/mol. The van der Waals surface area contributed by atoms with E-state index in [4.69, 9.17) is 17.0 Å². The summed E-state index contributed by atoms with van der Waals surface area (Å²) in [6, 6.07) is 0. The minimum atomic E-state index is -0.571. The number of esters is 2. The van der Waals surface area contributed by atoms with Crippen molar-refractivity contribution in [3.8, 4) is 0 Å². The van der Waals surface area contributed by atoms with Crippen LogP contribution in [0.25, 0.3) is 0 Å². The number of Topliss-reactive ketones (excluding diaryl/α,β-unsaturated/α-hetero) is 1. The molecule has 0 N–H and O–H groups in total. The molecule has 0 saturated heterocycles. The average Bonchev–Trinajstić information content (AvgIpc) is 2.22. The quantitative estimate of drug-likeness (QED) is 0.370. The summed E-state index contributed by atoms with van der Waals surface area (Å²) >= 11 is 0. The van der Waals surface area contributed by atoms with Gasteiger partial charge in [0.2, 0.25) is 0 Å². The Hall–Kier alpha value is -1.46. The first kappa shape index (κ1) is 17.5. The number of carbonyl (C=O) groups is 3. The molecule has 0 amide bonds. The summed E-state index contributed by atoms with van der Waals surface area (Å²) in [6.45, 7) is 6.74. The molecule has 0 bridgehead atoms. The molecule has 0 aromatic carbocycles. The van der Waals surface area contributed by atoms with Crippen LogP contribution in [0.5, 0.6) is 0 Å². The number of rotatable bonds is 8. The zero-order valence-corrected chi connectivity index (χ0v) is 11.9. The molecule has 0 rings (SSSR count). The van der Waals surface area contributed by atoms with Crippen LogP contribution in [-0.4, -0.2) is 43.9 Å². The second-order valence-electron chi connectivity index (χ2n) is 5.39. The van der Waals surface area contributed by atoms with Gasteiger partial charge in [0.05, 0.1) is 0 Å². The van der Waals surface area contributed by atoms with Crippen LogP contribution in [-0.2, 0) is 23.9 Å². The summed E-state index contributed by atoms with van der Waals surface area (Å²) < 4.78 is 9.98. The molecule has 105 valence electrons. The number of carbonyl (C=O) groups excluding carboxylic acids is 3.